The predicted octanol–water partition coefficient (Wildman–Crippen LogP) is 4.04. The molecule has 2 saturated carbocycles. The zero-order valence-corrected chi connectivity index (χ0v) is 18.2. The summed E-state index contributed by atoms with van der Waals surface area (Å²) in [5.74, 6) is 0.209. The monoisotopic (exact) mass is 393 g/mol. The van der Waals surface area contributed by atoms with Crippen molar-refractivity contribution in [1.82, 2.24) is 10.6 Å². The lowest BCUT2D eigenvalue weighted by atomic mass is 9.95. The van der Waals surface area contributed by atoms with Crippen LogP contribution >= 0.6 is 0 Å². The standard InChI is InChI=1S/C23H43N3O2/c1-3-5-10-20(4-2)25-22(27)17-13-14-18(16-19(24)15-17)23(28)26-21-11-8-6-7-9-12-21/h17-21H,3-16,24H2,1-2H3,(H,25,27)(H,26,28). The van der Waals surface area contributed by atoms with Gasteiger partial charge in [0.05, 0.1) is 0 Å². The molecule has 4 N–H and O–H groups in total. The molecule has 0 aromatic carbocycles. The van der Waals surface area contributed by atoms with Gasteiger partial charge in [-0.1, -0.05) is 52.4 Å². The van der Waals surface area contributed by atoms with E-state index in [1.165, 1.54) is 25.7 Å². The summed E-state index contributed by atoms with van der Waals surface area (Å²) < 4.78 is 0. The van der Waals surface area contributed by atoms with E-state index in [1.54, 1.807) is 0 Å². The molecule has 2 amide bonds. The second-order valence-corrected chi connectivity index (χ2v) is 9.16. The Morgan fingerprint density at radius 1 is 0.929 bits per heavy atom. The van der Waals surface area contributed by atoms with Gasteiger partial charge in [0.15, 0.2) is 0 Å². The molecule has 0 radical (unpaired) electrons. The van der Waals surface area contributed by atoms with Crippen molar-refractivity contribution >= 4 is 11.8 Å². The summed E-state index contributed by atoms with van der Waals surface area (Å²) >= 11 is 0. The van der Waals surface area contributed by atoms with E-state index >= 15 is 0 Å². The summed E-state index contributed by atoms with van der Waals surface area (Å²) in [7, 11) is 0. The summed E-state index contributed by atoms with van der Waals surface area (Å²) in [5, 5.41) is 6.53. The van der Waals surface area contributed by atoms with Crippen molar-refractivity contribution in [3.63, 3.8) is 0 Å². The molecule has 162 valence electrons. The number of hydrogen-bond acceptors (Lipinski definition) is 3. The highest BCUT2D eigenvalue weighted by atomic mass is 16.2. The topological polar surface area (TPSA) is 84.2 Å². The summed E-state index contributed by atoms with van der Waals surface area (Å²) in [4.78, 5) is 25.6. The van der Waals surface area contributed by atoms with Crippen molar-refractivity contribution in [1.29, 1.82) is 0 Å². The predicted molar refractivity (Wildman–Crippen MR) is 115 cm³/mol. The smallest absolute Gasteiger partial charge is 0.223 e. The Kier molecular flexibility index (Phi) is 10.3. The average Bonchev–Trinajstić information content (AvgIpc) is 3.05. The van der Waals surface area contributed by atoms with Crippen LogP contribution in [0.15, 0.2) is 0 Å². The lowest BCUT2D eigenvalue weighted by molar-refractivity contribution is -0.128. The quantitative estimate of drug-likeness (QED) is 0.544. The summed E-state index contributed by atoms with van der Waals surface area (Å²) in [6.07, 6.45) is 14.5. The van der Waals surface area contributed by atoms with Gasteiger partial charge in [-0.3, -0.25) is 9.59 Å². The maximum Gasteiger partial charge on any atom is 0.223 e. The van der Waals surface area contributed by atoms with Gasteiger partial charge in [-0.25, -0.2) is 0 Å². The van der Waals surface area contributed by atoms with Gasteiger partial charge in [-0.05, 0) is 51.4 Å². The van der Waals surface area contributed by atoms with Crippen LogP contribution in [0.4, 0.5) is 0 Å². The lowest BCUT2D eigenvalue weighted by Crippen LogP contribution is -2.40. The Morgan fingerprint density at radius 2 is 1.54 bits per heavy atom. The number of amides is 2. The molecule has 2 fully saturated rings. The highest BCUT2D eigenvalue weighted by molar-refractivity contribution is 5.81. The molecule has 0 bridgehead atoms. The number of nitrogens with two attached hydrogens (primary N) is 1. The molecule has 0 aromatic heterocycles. The van der Waals surface area contributed by atoms with Crippen molar-refractivity contribution in [2.24, 2.45) is 17.6 Å². The van der Waals surface area contributed by atoms with Crippen molar-refractivity contribution in [3.8, 4) is 0 Å². The van der Waals surface area contributed by atoms with Gasteiger partial charge in [0.2, 0.25) is 11.8 Å². The molecule has 0 aliphatic heterocycles. The Balaban J connectivity index is 1.85. The third-order valence-electron chi connectivity index (χ3n) is 6.73. The molecule has 0 heterocycles. The van der Waals surface area contributed by atoms with Crippen molar-refractivity contribution in [3.05, 3.63) is 0 Å². The largest absolute Gasteiger partial charge is 0.353 e. The molecule has 4 atom stereocenters. The molecule has 5 heteroatoms. The molecule has 0 aromatic rings. The van der Waals surface area contributed by atoms with Gasteiger partial charge >= 0.3 is 0 Å². The number of carbonyl (C=O) groups is 2. The van der Waals surface area contributed by atoms with E-state index in [1.807, 2.05) is 0 Å². The van der Waals surface area contributed by atoms with Gasteiger partial charge in [0.1, 0.15) is 0 Å². The summed E-state index contributed by atoms with van der Waals surface area (Å²) in [6, 6.07) is 0.526. The van der Waals surface area contributed by atoms with Gasteiger partial charge in [0.25, 0.3) is 0 Å². The molecule has 0 saturated heterocycles. The fraction of sp³-hybridized carbons (Fsp3) is 0.913. The fourth-order valence-electron chi connectivity index (χ4n) is 4.83. The Bertz CT molecular complexity index is 474. The molecular weight excluding hydrogens is 350 g/mol. The maximum absolute atomic E-state index is 12.8. The van der Waals surface area contributed by atoms with Crippen molar-refractivity contribution in [2.75, 3.05) is 0 Å². The SMILES string of the molecule is CCCCC(CC)NC(=O)C1CCC(C(=O)NC2CCCCCC2)CC(N)C1. The highest BCUT2D eigenvalue weighted by Crippen LogP contribution is 2.28. The van der Waals surface area contributed by atoms with E-state index in [-0.39, 0.29) is 35.7 Å². The van der Waals surface area contributed by atoms with Gasteiger partial charge in [0, 0.05) is 30.0 Å². The van der Waals surface area contributed by atoms with Crippen molar-refractivity contribution < 1.29 is 9.59 Å². The van der Waals surface area contributed by atoms with Crippen LogP contribution in [0.5, 0.6) is 0 Å². The van der Waals surface area contributed by atoms with E-state index < -0.39 is 0 Å². The van der Waals surface area contributed by atoms with Crippen LogP contribution in [0.3, 0.4) is 0 Å². The van der Waals surface area contributed by atoms with E-state index in [9.17, 15) is 9.59 Å². The van der Waals surface area contributed by atoms with Gasteiger partial charge in [-0.2, -0.15) is 0 Å². The summed E-state index contributed by atoms with van der Waals surface area (Å²) in [5.41, 5.74) is 6.33. The minimum atomic E-state index is -0.0705. The lowest BCUT2D eigenvalue weighted by Gasteiger charge is -2.22. The first kappa shape index (κ1) is 23.2. The molecule has 0 spiro atoms. The number of nitrogens with one attached hydrogen (secondary N) is 2. The zero-order chi connectivity index (χ0) is 20.4. The molecule has 4 unspecified atom stereocenters. The molecule has 5 nitrogen and oxygen atoms in total. The van der Waals surface area contributed by atoms with E-state index in [4.69, 9.17) is 5.73 Å². The van der Waals surface area contributed by atoms with Crippen LogP contribution in [0.2, 0.25) is 0 Å². The van der Waals surface area contributed by atoms with E-state index in [0.29, 0.717) is 18.9 Å². The first-order valence-corrected chi connectivity index (χ1v) is 11.9. The molecule has 2 aliphatic carbocycles. The van der Waals surface area contributed by atoms with Crippen molar-refractivity contribution in [2.45, 2.75) is 122 Å². The number of rotatable bonds is 8. The second-order valence-electron chi connectivity index (χ2n) is 9.16. The first-order chi connectivity index (χ1) is 13.5. The third kappa shape index (κ3) is 7.73. The minimum absolute atomic E-state index is 0.0434. The van der Waals surface area contributed by atoms with Gasteiger partial charge < -0.3 is 16.4 Å². The number of carbonyl (C=O) groups excluding carboxylic acids is 2. The second kappa shape index (κ2) is 12.5. The Morgan fingerprint density at radius 3 is 2.11 bits per heavy atom. The number of unbranched alkanes of at least 4 members (excludes halogenated alkanes) is 1. The van der Waals surface area contributed by atoms with Crippen LogP contribution in [0.1, 0.15) is 104 Å². The maximum atomic E-state index is 12.8. The molecule has 2 rings (SSSR count). The van der Waals surface area contributed by atoms with Gasteiger partial charge in [-0.15, -0.1) is 0 Å². The van der Waals surface area contributed by atoms with Crippen LogP contribution < -0.4 is 16.4 Å². The van der Waals surface area contributed by atoms with E-state index in [0.717, 1.165) is 51.4 Å². The van der Waals surface area contributed by atoms with E-state index in [2.05, 4.69) is 24.5 Å². The normalized spacial score (nSPS) is 28.0. The average molecular weight is 394 g/mol. The Hall–Kier alpha value is -1.10. The number of hydrogen-bond donors (Lipinski definition) is 3. The highest BCUT2D eigenvalue weighted by Gasteiger charge is 2.32. The van der Waals surface area contributed by atoms with Crippen LogP contribution in [-0.2, 0) is 9.59 Å². The van der Waals surface area contributed by atoms with Crippen LogP contribution in [-0.4, -0.2) is 29.9 Å². The van der Waals surface area contributed by atoms with Crippen LogP contribution in [0, 0.1) is 11.8 Å². The fourth-order valence-corrected chi connectivity index (χ4v) is 4.83. The third-order valence-corrected chi connectivity index (χ3v) is 6.73. The first-order valence-electron chi connectivity index (χ1n) is 11.9. The summed E-state index contributed by atoms with van der Waals surface area (Å²) in [6.45, 7) is 4.31. The zero-order valence-electron chi connectivity index (χ0n) is 18.2. The minimum Gasteiger partial charge on any atom is -0.353 e. The van der Waals surface area contributed by atoms with Crippen LogP contribution in [0.25, 0.3) is 0 Å². The molecule has 2 aliphatic rings. The molecular formula is C23H43N3O2. The Labute approximate surface area is 172 Å². The molecule has 28 heavy (non-hydrogen) atoms.